The number of hydrogen-bond acceptors (Lipinski definition) is 7. The zero-order chi connectivity index (χ0) is 23.9. The molecular formula is C19H15F3N8O3. The Bertz CT molecular complexity index is 1470. The first-order valence-corrected chi connectivity index (χ1v) is 9.39. The van der Waals surface area contributed by atoms with Gasteiger partial charge in [-0.2, -0.15) is 13.2 Å². The van der Waals surface area contributed by atoms with Crippen LogP contribution in [0.5, 0.6) is 0 Å². The summed E-state index contributed by atoms with van der Waals surface area (Å²) < 4.78 is 40.4. The molecule has 11 nitrogen and oxygen atoms in total. The minimum Gasteiger partial charge on any atom is -0.312 e. The van der Waals surface area contributed by atoms with Crippen LogP contribution < -0.4 is 16.6 Å². The summed E-state index contributed by atoms with van der Waals surface area (Å²) in [5, 5.41) is 2.59. The second kappa shape index (κ2) is 7.96. The third-order valence-corrected chi connectivity index (χ3v) is 4.83. The van der Waals surface area contributed by atoms with Crippen LogP contribution >= 0.6 is 0 Å². The molecule has 4 aromatic heterocycles. The summed E-state index contributed by atoms with van der Waals surface area (Å²) in [6.45, 7) is 1.52. The Morgan fingerprint density at radius 1 is 1.15 bits per heavy atom. The van der Waals surface area contributed by atoms with Crippen LogP contribution in [0.1, 0.15) is 18.8 Å². The van der Waals surface area contributed by atoms with Crippen molar-refractivity contribution in [2.24, 2.45) is 7.05 Å². The van der Waals surface area contributed by atoms with Gasteiger partial charge < -0.3 is 9.88 Å². The van der Waals surface area contributed by atoms with Crippen molar-refractivity contribution >= 4 is 22.9 Å². The number of aryl methyl sites for hydroxylation is 1. The maximum Gasteiger partial charge on any atom is 0.451 e. The Kier molecular flexibility index (Phi) is 5.27. The number of pyridine rings is 1. The number of nitrogens with one attached hydrogen (secondary N) is 2. The van der Waals surface area contributed by atoms with Crippen molar-refractivity contribution in [2.45, 2.75) is 19.1 Å². The summed E-state index contributed by atoms with van der Waals surface area (Å²) in [4.78, 5) is 53.8. The van der Waals surface area contributed by atoms with Gasteiger partial charge in [-0.25, -0.2) is 24.7 Å². The van der Waals surface area contributed by atoms with Gasteiger partial charge in [-0.05, 0) is 19.1 Å². The predicted molar refractivity (Wildman–Crippen MR) is 109 cm³/mol. The monoisotopic (exact) mass is 460 g/mol. The topological polar surface area (TPSA) is 140 Å². The molecule has 0 aromatic carbocycles. The first-order chi connectivity index (χ1) is 15.6. The second-order valence-corrected chi connectivity index (χ2v) is 7.01. The van der Waals surface area contributed by atoms with Crippen molar-refractivity contribution in [1.82, 2.24) is 34.1 Å². The van der Waals surface area contributed by atoms with Gasteiger partial charge in [0, 0.05) is 25.0 Å². The highest BCUT2D eigenvalue weighted by Gasteiger charge is 2.34. The number of anilines is 1. The number of carbonyl (C=O) groups is 1. The third-order valence-electron chi connectivity index (χ3n) is 4.83. The van der Waals surface area contributed by atoms with E-state index >= 15 is 0 Å². The fourth-order valence-electron chi connectivity index (χ4n) is 3.07. The fourth-order valence-corrected chi connectivity index (χ4v) is 3.07. The number of nitrogens with zero attached hydrogens (tertiary/aromatic N) is 6. The van der Waals surface area contributed by atoms with E-state index < -0.39 is 35.2 Å². The quantitative estimate of drug-likeness (QED) is 0.470. The zero-order valence-corrected chi connectivity index (χ0v) is 17.1. The van der Waals surface area contributed by atoms with E-state index in [2.05, 4.69) is 30.2 Å². The number of hydrogen-bond donors (Lipinski definition) is 2. The maximum atomic E-state index is 12.8. The van der Waals surface area contributed by atoms with Crippen molar-refractivity contribution in [1.29, 1.82) is 0 Å². The lowest BCUT2D eigenvalue weighted by molar-refractivity contribution is -0.145. The molecule has 0 aliphatic heterocycles. The van der Waals surface area contributed by atoms with Crippen LogP contribution in [0.4, 0.5) is 19.0 Å². The molecule has 0 spiro atoms. The van der Waals surface area contributed by atoms with Gasteiger partial charge in [0.25, 0.3) is 5.56 Å². The highest BCUT2D eigenvalue weighted by molar-refractivity contribution is 5.93. The first kappa shape index (κ1) is 21.9. The Balaban J connectivity index is 1.59. The summed E-state index contributed by atoms with van der Waals surface area (Å²) in [7, 11) is 1.43. The van der Waals surface area contributed by atoms with Crippen molar-refractivity contribution in [3.63, 3.8) is 0 Å². The molecule has 4 aromatic rings. The smallest absolute Gasteiger partial charge is 0.312 e. The molecule has 0 saturated carbocycles. The Morgan fingerprint density at radius 3 is 2.52 bits per heavy atom. The Hall–Kier alpha value is -4.36. The summed E-state index contributed by atoms with van der Waals surface area (Å²) in [6.07, 6.45) is -1.42. The van der Waals surface area contributed by atoms with E-state index in [4.69, 9.17) is 0 Å². The molecule has 1 atom stereocenters. The number of halogens is 3. The van der Waals surface area contributed by atoms with Crippen LogP contribution in [-0.2, 0) is 18.0 Å². The molecule has 0 fully saturated rings. The molecule has 1 amide bonds. The number of rotatable bonds is 4. The highest BCUT2D eigenvalue weighted by Crippen LogP contribution is 2.27. The molecule has 0 saturated heterocycles. The number of H-pyrrole nitrogens is 1. The predicted octanol–water partition coefficient (Wildman–Crippen LogP) is 1.49. The van der Waals surface area contributed by atoms with Crippen molar-refractivity contribution in [2.75, 3.05) is 5.32 Å². The molecule has 4 heterocycles. The van der Waals surface area contributed by atoms with Crippen LogP contribution in [0.25, 0.3) is 22.4 Å². The second-order valence-electron chi connectivity index (χ2n) is 7.01. The molecule has 2 N–H and O–H groups in total. The molecule has 4 rings (SSSR count). The minimum absolute atomic E-state index is 0.0448. The number of imidazole rings is 1. The standard InChI is InChI=1S/C19H15F3N8O3/c1-9(30-8-25-14-13(30)16(32)28-18(33)29(14)2)15(31)27-12-5-3-4-11(26-12)10-6-23-17(24-7-10)19(20,21)22/h3-9H,1-2H3,(H,26,27,31)(H,28,32,33)/t9-/m0/s1. The Morgan fingerprint density at radius 2 is 1.85 bits per heavy atom. The van der Waals surface area contributed by atoms with E-state index in [9.17, 15) is 27.6 Å². The summed E-state index contributed by atoms with van der Waals surface area (Å²) in [5.41, 5.74) is -0.695. The van der Waals surface area contributed by atoms with E-state index in [1.807, 2.05) is 0 Å². The van der Waals surface area contributed by atoms with E-state index in [-0.39, 0.29) is 28.2 Å². The van der Waals surface area contributed by atoms with Crippen LogP contribution in [0, 0.1) is 0 Å². The van der Waals surface area contributed by atoms with E-state index in [1.54, 1.807) is 6.07 Å². The molecule has 33 heavy (non-hydrogen) atoms. The van der Waals surface area contributed by atoms with Crippen molar-refractivity contribution < 1.29 is 18.0 Å². The first-order valence-electron chi connectivity index (χ1n) is 9.39. The molecule has 0 radical (unpaired) electrons. The van der Waals surface area contributed by atoms with Gasteiger partial charge in [-0.1, -0.05) is 6.07 Å². The highest BCUT2D eigenvalue weighted by atomic mass is 19.4. The third kappa shape index (κ3) is 4.09. The van der Waals surface area contributed by atoms with Gasteiger partial charge in [-0.15, -0.1) is 0 Å². The number of carbonyl (C=O) groups excluding carboxylic acids is 1. The SMILES string of the molecule is C[C@@H](C(=O)Nc1cccc(-c2cnc(C(F)(F)F)nc2)n1)n1cnc2c1c(=O)[nH]c(=O)n2C. The molecule has 170 valence electrons. The van der Waals surface area contributed by atoms with Crippen LogP contribution in [0.15, 0.2) is 46.5 Å². The van der Waals surface area contributed by atoms with Gasteiger partial charge in [0.15, 0.2) is 11.2 Å². The van der Waals surface area contributed by atoms with Gasteiger partial charge in [0.1, 0.15) is 11.9 Å². The number of fused-ring (bicyclic) bond motifs is 1. The van der Waals surface area contributed by atoms with E-state index in [0.29, 0.717) is 0 Å². The summed E-state index contributed by atoms with van der Waals surface area (Å²) >= 11 is 0. The number of amides is 1. The molecule has 0 aliphatic carbocycles. The fraction of sp³-hybridized carbons (Fsp3) is 0.211. The number of alkyl halides is 3. The molecule has 0 unspecified atom stereocenters. The average Bonchev–Trinajstić information content (AvgIpc) is 3.22. The van der Waals surface area contributed by atoms with E-state index in [1.165, 1.54) is 37.0 Å². The number of aromatic nitrogens is 7. The number of aromatic amines is 1. The van der Waals surface area contributed by atoms with Gasteiger partial charge in [0.05, 0.1) is 12.0 Å². The molecule has 0 bridgehead atoms. The van der Waals surface area contributed by atoms with Gasteiger partial charge in [-0.3, -0.25) is 19.1 Å². The van der Waals surface area contributed by atoms with Crippen molar-refractivity contribution in [3.05, 3.63) is 63.6 Å². The summed E-state index contributed by atoms with van der Waals surface area (Å²) in [5.74, 6) is -1.70. The van der Waals surface area contributed by atoms with E-state index in [0.717, 1.165) is 17.0 Å². The van der Waals surface area contributed by atoms with Crippen LogP contribution in [-0.4, -0.2) is 40.0 Å². The average molecular weight is 460 g/mol. The van der Waals surface area contributed by atoms with Crippen molar-refractivity contribution in [3.8, 4) is 11.3 Å². The lowest BCUT2D eigenvalue weighted by atomic mass is 10.2. The van der Waals surface area contributed by atoms with Gasteiger partial charge in [0.2, 0.25) is 11.7 Å². The Labute approximate surface area is 182 Å². The molecule has 0 aliphatic rings. The lowest BCUT2D eigenvalue weighted by Crippen LogP contribution is -2.31. The summed E-state index contributed by atoms with van der Waals surface area (Å²) in [6, 6.07) is 3.65. The van der Waals surface area contributed by atoms with Crippen LogP contribution in [0.3, 0.4) is 0 Å². The lowest BCUT2D eigenvalue weighted by Gasteiger charge is -2.14. The minimum atomic E-state index is -4.66. The molecular weight excluding hydrogens is 445 g/mol. The molecule has 14 heteroatoms. The normalized spacial score (nSPS) is 12.6. The zero-order valence-electron chi connectivity index (χ0n) is 17.1. The van der Waals surface area contributed by atoms with Crippen LogP contribution in [0.2, 0.25) is 0 Å². The van der Waals surface area contributed by atoms with Gasteiger partial charge >= 0.3 is 11.9 Å². The largest absolute Gasteiger partial charge is 0.451 e. The maximum absolute atomic E-state index is 12.8.